The van der Waals surface area contributed by atoms with Gasteiger partial charge in [-0.05, 0) is 23.3 Å². The van der Waals surface area contributed by atoms with Crippen LogP contribution < -0.4 is 5.32 Å². The summed E-state index contributed by atoms with van der Waals surface area (Å²) in [4.78, 5) is 12.0. The van der Waals surface area contributed by atoms with Crippen molar-refractivity contribution >= 4 is 17.5 Å². The molecule has 3 aromatic rings. The highest BCUT2D eigenvalue weighted by molar-refractivity contribution is 6.31. The maximum atomic E-state index is 13.0. The van der Waals surface area contributed by atoms with E-state index in [2.05, 4.69) is 15.5 Å². The van der Waals surface area contributed by atoms with Gasteiger partial charge < -0.3 is 9.73 Å². The summed E-state index contributed by atoms with van der Waals surface area (Å²) >= 11 is 5.96. The minimum absolute atomic E-state index is 0.126. The quantitative estimate of drug-likeness (QED) is 0.769. The molecule has 0 atom stereocenters. The standard InChI is InChI=1S/C17H13ClFN3O2/c18-14-9-13(19)7-6-12(14)8-15-21-22-17(24-15)16(23)20-10-11-4-2-1-3-5-11/h1-7,9H,8,10H2,(H,20,23). The first-order valence-electron chi connectivity index (χ1n) is 7.20. The summed E-state index contributed by atoms with van der Waals surface area (Å²) < 4.78 is 18.4. The normalized spacial score (nSPS) is 10.6. The van der Waals surface area contributed by atoms with Crippen LogP contribution in [0.2, 0.25) is 5.02 Å². The molecular formula is C17H13ClFN3O2. The van der Waals surface area contributed by atoms with Gasteiger partial charge in [0.2, 0.25) is 5.89 Å². The summed E-state index contributed by atoms with van der Waals surface area (Å²) in [6.45, 7) is 0.362. The smallest absolute Gasteiger partial charge is 0.309 e. The number of hydrogen-bond acceptors (Lipinski definition) is 4. The van der Waals surface area contributed by atoms with E-state index in [1.165, 1.54) is 18.2 Å². The van der Waals surface area contributed by atoms with Gasteiger partial charge in [0, 0.05) is 11.6 Å². The van der Waals surface area contributed by atoms with Crippen LogP contribution in [-0.4, -0.2) is 16.1 Å². The molecule has 0 spiro atoms. The molecule has 0 fully saturated rings. The molecule has 1 aromatic heterocycles. The van der Waals surface area contributed by atoms with E-state index in [1.807, 2.05) is 30.3 Å². The lowest BCUT2D eigenvalue weighted by molar-refractivity contribution is 0.0914. The topological polar surface area (TPSA) is 68.0 Å². The molecule has 5 nitrogen and oxygen atoms in total. The van der Waals surface area contributed by atoms with Gasteiger partial charge in [-0.1, -0.05) is 48.0 Å². The fraction of sp³-hybridized carbons (Fsp3) is 0.118. The molecular weight excluding hydrogens is 333 g/mol. The molecule has 3 rings (SSSR count). The van der Waals surface area contributed by atoms with Crippen LogP contribution in [0.15, 0.2) is 52.9 Å². The number of aromatic nitrogens is 2. The van der Waals surface area contributed by atoms with Crippen LogP contribution in [0.5, 0.6) is 0 Å². The molecule has 1 heterocycles. The molecule has 24 heavy (non-hydrogen) atoms. The first-order chi connectivity index (χ1) is 11.6. The van der Waals surface area contributed by atoms with Crippen LogP contribution in [0.1, 0.15) is 27.7 Å². The Bertz CT molecular complexity index is 852. The Hall–Kier alpha value is -2.73. The fourth-order valence-electron chi connectivity index (χ4n) is 2.10. The molecule has 1 N–H and O–H groups in total. The molecule has 0 aliphatic heterocycles. The van der Waals surface area contributed by atoms with Crippen molar-refractivity contribution in [3.05, 3.63) is 82.3 Å². The molecule has 0 saturated carbocycles. The van der Waals surface area contributed by atoms with Crippen molar-refractivity contribution in [1.29, 1.82) is 0 Å². The third kappa shape index (κ3) is 3.97. The van der Waals surface area contributed by atoms with Gasteiger partial charge in [-0.15, -0.1) is 10.2 Å². The Labute approximate surface area is 142 Å². The predicted molar refractivity (Wildman–Crippen MR) is 86.1 cm³/mol. The number of rotatable bonds is 5. The monoisotopic (exact) mass is 345 g/mol. The van der Waals surface area contributed by atoms with Gasteiger partial charge in [-0.3, -0.25) is 4.79 Å². The lowest BCUT2D eigenvalue weighted by atomic mass is 10.1. The highest BCUT2D eigenvalue weighted by Crippen LogP contribution is 2.20. The lowest BCUT2D eigenvalue weighted by Crippen LogP contribution is -2.23. The molecule has 122 valence electrons. The zero-order valence-corrected chi connectivity index (χ0v) is 13.3. The number of halogens is 2. The highest BCUT2D eigenvalue weighted by Gasteiger charge is 2.15. The average molecular weight is 346 g/mol. The summed E-state index contributed by atoms with van der Waals surface area (Å²) in [5.74, 6) is -0.773. The molecule has 0 aliphatic carbocycles. The first kappa shape index (κ1) is 16.1. The van der Waals surface area contributed by atoms with Crippen LogP contribution in [0.3, 0.4) is 0 Å². The van der Waals surface area contributed by atoms with E-state index in [0.717, 1.165) is 5.56 Å². The second-order valence-electron chi connectivity index (χ2n) is 5.08. The summed E-state index contributed by atoms with van der Waals surface area (Å²) in [7, 11) is 0. The zero-order valence-electron chi connectivity index (χ0n) is 12.5. The number of amides is 1. The molecule has 0 saturated heterocycles. The van der Waals surface area contributed by atoms with Gasteiger partial charge in [0.1, 0.15) is 5.82 Å². The minimum atomic E-state index is -0.456. The van der Waals surface area contributed by atoms with Crippen molar-refractivity contribution in [2.45, 2.75) is 13.0 Å². The van der Waals surface area contributed by atoms with E-state index in [9.17, 15) is 9.18 Å². The second kappa shape index (κ2) is 7.23. The lowest BCUT2D eigenvalue weighted by Gasteiger charge is -2.02. The molecule has 0 unspecified atom stereocenters. The number of nitrogens with one attached hydrogen (secondary N) is 1. The Morgan fingerprint density at radius 3 is 2.71 bits per heavy atom. The maximum Gasteiger partial charge on any atom is 0.309 e. The first-order valence-corrected chi connectivity index (χ1v) is 7.58. The van der Waals surface area contributed by atoms with Crippen molar-refractivity contribution in [3.63, 3.8) is 0 Å². The Morgan fingerprint density at radius 1 is 1.17 bits per heavy atom. The number of carbonyl (C=O) groups excluding carboxylic acids is 1. The summed E-state index contributed by atoms with van der Waals surface area (Å²) in [6.07, 6.45) is 0.220. The van der Waals surface area contributed by atoms with Crippen LogP contribution in [0.4, 0.5) is 4.39 Å². The van der Waals surface area contributed by atoms with Crippen molar-refractivity contribution in [2.75, 3.05) is 0 Å². The summed E-state index contributed by atoms with van der Waals surface area (Å²) in [6, 6.07) is 13.5. The van der Waals surface area contributed by atoms with Gasteiger partial charge >= 0.3 is 11.8 Å². The van der Waals surface area contributed by atoms with Crippen molar-refractivity contribution < 1.29 is 13.6 Å². The van der Waals surface area contributed by atoms with E-state index < -0.39 is 11.7 Å². The third-order valence-electron chi connectivity index (χ3n) is 3.31. The molecule has 0 bridgehead atoms. The van der Waals surface area contributed by atoms with Crippen molar-refractivity contribution in [1.82, 2.24) is 15.5 Å². The average Bonchev–Trinajstić information content (AvgIpc) is 3.05. The van der Waals surface area contributed by atoms with Gasteiger partial charge in [-0.2, -0.15) is 0 Å². The number of hydrogen-bond donors (Lipinski definition) is 1. The SMILES string of the molecule is O=C(NCc1ccccc1)c1nnc(Cc2ccc(F)cc2Cl)o1. The molecule has 1 amide bonds. The molecule has 0 aliphatic rings. The number of nitrogens with zero attached hydrogens (tertiary/aromatic N) is 2. The molecule has 0 radical (unpaired) electrons. The van der Waals surface area contributed by atoms with Gasteiger partial charge in [-0.25, -0.2) is 4.39 Å². The predicted octanol–water partition coefficient (Wildman–Crippen LogP) is 3.38. The van der Waals surface area contributed by atoms with E-state index in [1.54, 1.807) is 0 Å². The zero-order chi connectivity index (χ0) is 16.9. The molecule has 2 aromatic carbocycles. The summed E-state index contributed by atoms with van der Waals surface area (Å²) in [5.41, 5.74) is 1.60. The van der Waals surface area contributed by atoms with E-state index in [4.69, 9.17) is 16.0 Å². The van der Waals surface area contributed by atoms with Gasteiger partial charge in [0.05, 0.1) is 6.42 Å². The fourth-order valence-corrected chi connectivity index (χ4v) is 2.33. The Kier molecular flexibility index (Phi) is 4.86. The van der Waals surface area contributed by atoms with E-state index >= 15 is 0 Å². The van der Waals surface area contributed by atoms with Crippen LogP contribution in [0.25, 0.3) is 0 Å². The van der Waals surface area contributed by atoms with Crippen molar-refractivity contribution in [3.8, 4) is 0 Å². The molecule has 7 heteroatoms. The van der Waals surface area contributed by atoms with Crippen LogP contribution in [0, 0.1) is 5.82 Å². The number of carbonyl (C=O) groups is 1. The second-order valence-corrected chi connectivity index (χ2v) is 5.49. The summed E-state index contributed by atoms with van der Waals surface area (Å²) in [5, 5.41) is 10.5. The number of benzene rings is 2. The van der Waals surface area contributed by atoms with Crippen LogP contribution >= 0.6 is 11.6 Å². The van der Waals surface area contributed by atoms with E-state index in [-0.39, 0.29) is 23.2 Å². The van der Waals surface area contributed by atoms with Crippen LogP contribution in [-0.2, 0) is 13.0 Å². The largest absolute Gasteiger partial charge is 0.417 e. The highest BCUT2D eigenvalue weighted by atomic mass is 35.5. The Morgan fingerprint density at radius 2 is 1.96 bits per heavy atom. The van der Waals surface area contributed by atoms with E-state index in [0.29, 0.717) is 12.1 Å². The third-order valence-corrected chi connectivity index (χ3v) is 3.67. The van der Waals surface area contributed by atoms with Gasteiger partial charge in [0.15, 0.2) is 0 Å². The van der Waals surface area contributed by atoms with Crippen molar-refractivity contribution in [2.24, 2.45) is 0 Å². The Balaban J connectivity index is 1.63. The maximum absolute atomic E-state index is 13.0. The van der Waals surface area contributed by atoms with Gasteiger partial charge in [0.25, 0.3) is 0 Å². The minimum Gasteiger partial charge on any atom is -0.417 e.